The molecule has 0 radical (unpaired) electrons. The molecule has 0 aliphatic carbocycles. The zero-order chi connectivity index (χ0) is 21.1. The third-order valence-corrected chi connectivity index (χ3v) is 6.99. The number of aromatic nitrogens is 2. The maximum atomic E-state index is 12.6. The smallest absolute Gasteiger partial charge is 0.215 e. The van der Waals surface area contributed by atoms with Gasteiger partial charge in [-0.15, -0.1) is 0 Å². The van der Waals surface area contributed by atoms with Gasteiger partial charge in [0, 0.05) is 37.3 Å². The van der Waals surface area contributed by atoms with Crippen molar-refractivity contribution in [3.8, 4) is 22.8 Å². The van der Waals surface area contributed by atoms with Crippen LogP contribution in [0.1, 0.15) is 19.4 Å². The fourth-order valence-electron chi connectivity index (χ4n) is 3.81. The molecule has 4 rings (SSSR count). The van der Waals surface area contributed by atoms with Crippen molar-refractivity contribution in [2.45, 2.75) is 32.6 Å². The molecule has 2 aliphatic heterocycles. The summed E-state index contributed by atoms with van der Waals surface area (Å²) in [6, 6.07) is 5.77. The lowest BCUT2D eigenvalue weighted by Gasteiger charge is -2.34. The van der Waals surface area contributed by atoms with Crippen molar-refractivity contribution in [2.24, 2.45) is 0 Å². The molecule has 0 spiro atoms. The molecule has 3 heterocycles. The van der Waals surface area contributed by atoms with E-state index in [0.717, 1.165) is 22.6 Å². The van der Waals surface area contributed by atoms with Crippen molar-refractivity contribution in [1.29, 1.82) is 0 Å². The van der Waals surface area contributed by atoms with Gasteiger partial charge >= 0.3 is 0 Å². The van der Waals surface area contributed by atoms with Gasteiger partial charge in [0.1, 0.15) is 13.2 Å². The normalized spacial score (nSPS) is 22.2. The molecule has 1 saturated heterocycles. The van der Waals surface area contributed by atoms with E-state index in [4.69, 9.17) is 14.2 Å². The molecule has 1 fully saturated rings. The van der Waals surface area contributed by atoms with Gasteiger partial charge in [0.05, 0.1) is 29.9 Å². The van der Waals surface area contributed by atoms with Crippen LogP contribution in [0.3, 0.4) is 0 Å². The fourth-order valence-corrected chi connectivity index (χ4v) is 5.34. The van der Waals surface area contributed by atoms with Gasteiger partial charge in [-0.25, -0.2) is 8.42 Å². The van der Waals surface area contributed by atoms with E-state index in [-0.39, 0.29) is 18.0 Å². The molecule has 2 aromatic rings. The predicted molar refractivity (Wildman–Crippen MR) is 112 cm³/mol. The molecule has 164 valence electrons. The highest BCUT2D eigenvalue weighted by Gasteiger charge is 2.30. The van der Waals surface area contributed by atoms with Gasteiger partial charge in [-0.1, -0.05) is 0 Å². The minimum atomic E-state index is -3.33. The Balaban J connectivity index is 1.34. The number of sulfonamides is 1. The fraction of sp³-hybridized carbons (Fsp3) is 0.550. The van der Waals surface area contributed by atoms with E-state index in [1.54, 1.807) is 6.20 Å². The summed E-state index contributed by atoms with van der Waals surface area (Å²) in [6.07, 6.45) is 1.57. The number of morpholine rings is 1. The SMILES string of the molecule is C[C@@H]1CN(S(=O)(=O)CCNCc2cn[nH]c2-c2ccc3c(c2)OCCO3)C[C@@H](C)O1. The summed E-state index contributed by atoms with van der Waals surface area (Å²) in [6.45, 7) is 6.55. The lowest BCUT2D eigenvalue weighted by atomic mass is 10.1. The van der Waals surface area contributed by atoms with E-state index in [2.05, 4.69) is 15.5 Å². The average Bonchev–Trinajstić information content (AvgIpc) is 3.19. The van der Waals surface area contributed by atoms with Crippen molar-refractivity contribution in [1.82, 2.24) is 19.8 Å². The number of hydrogen-bond donors (Lipinski definition) is 2. The van der Waals surface area contributed by atoms with Crippen LogP contribution < -0.4 is 14.8 Å². The number of H-pyrrole nitrogens is 1. The third kappa shape index (κ3) is 4.77. The van der Waals surface area contributed by atoms with Crippen LogP contribution in [0.15, 0.2) is 24.4 Å². The Labute approximate surface area is 176 Å². The van der Waals surface area contributed by atoms with Crippen LogP contribution in [-0.2, 0) is 21.3 Å². The molecule has 0 amide bonds. The minimum Gasteiger partial charge on any atom is -0.486 e. The first-order valence-corrected chi connectivity index (χ1v) is 11.8. The highest BCUT2D eigenvalue weighted by Crippen LogP contribution is 2.34. The zero-order valence-electron chi connectivity index (χ0n) is 17.3. The second-order valence-electron chi connectivity index (χ2n) is 7.70. The summed E-state index contributed by atoms with van der Waals surface area (Å²) in [7, 11) is -3.33. The van der Waals surface area contributed by atoms with Crippen molar-refractivity contribution in [3.05, 3.63) is 30.0 Å². The predicted octanol–water partition coefficient (Wildman–Crippen LogP) is 1.38. The highest BCUT2D eigenvalue weighted by atomic mass is 32.2. The lowest BCUT2D eigenvalue weighted by molar-refractivity contribution is -0.0440. The van der Waals surface area contributed by atoms with E-state index in [1.165, 1.54) is 4.31 Å². The molecule has 0 saturated carbocycles. The molecule has 2 aliphatic rings. The standard InChI is InChI=1S/C20H28N4O5S/c1-14-12-24(13-15(2)29-14)30(25,26)8-5-21-10-17-11-22-23-20(17)16-3-4-18-19(9-16)28-7-6-27-18/h3-4,9,11,14-15,21H,5-8,10,12-13H2,1-2H3,(H,22,23)/t14-,15-/m1/s1. The molecule has 2 atom stereocenters. The van der Waals surface area contributed by atoms with Gasteiger partial charge in [-0.2, -0.15) is 9.40 Å². The number of nitrogens with one attached hydrogen (secondary N) is 2. The minimum absolute atomic E-state index is 0.0453. The number of benzene rings is 1. The molecule has 0 unspecified atom stereocenters. The number of rotatable bonds is 7. The number of hydrogen-bond acceptors (Lipinski definition) is 7. The van der Waals surface area contributed by atoms with E-state index in [1.807, 2.05) is 32.0 Å². The highest BCUT2D eigenvalue weighted by molar-refractivity contribution is 7.89. The van der Waals surface area contributed by atoms with Crippen molar-refractivity contribution >= 4 is 10.0 Å². The van der Waals surface area contributed by atoms with Gasteiger partial charge < -0.3 is 19.5 Å². The van der Waals surface area contributed by atoms with Crippen LogP contribution in [0.4, 0.5) is 0 Å². The third-order valence-electron chi connectivity index (χ3n) is 5.18. The maximum absolute atomic E-state index is 12.6. The molecule has 0 bridgehead atoms. The van der Waals surface area contributed by atoms with E-state index < -0.39 is 10.0 Å². The van der Waals surface area contributed by atoms with Crippen LogP contribution in [0.25, 0.3) is 11.3 Å². The van der Waals surface area contributed by atoms with Gasteiger partial charge in [0.15, 0.2) is 11.5 Å². The molecule has 1 aromatic carbocycles. The van der Waals surface area contributed by atoms with Crippen LogP contribution >= 0.6 is 0 Å². The molecule has 30 heavy (non-hydrogen) atoms. The first-order chi connectivity index (χ1) is 14.4. The Hall–Kier alpha value is -2.14. The Morgan fingerprint density at radius 2 is 1.90 bits per heavy atom. The number of fused-ring (bicyclic) bond motifs is 1. The monoisotopic (exact) mass is 436 g/mol. The van der Waals surface area contributed by atoms with E-state index in [9.17, 15) is 8.42 Å². The Morgan fingerprint density at radius 3 is 2.67 bits per heavy atom. The lowest BCUT2D eigenvalue weighted by Crippen LogP contribution is -2.49. The summed E-state index contributed by atoms with van der Waals surface area (Å²) in [4.78, 5) is 0. The summed E-state index contributed by atoms with van der Waals surface area (Å²) >= 11 is 0. The second-order valence-corrected chi connectivity index (χ2v) is 9.78. The molecule has 9 nitrogen and oxygen atoms in total. The maximum Gasteiger partial charge on any atom is 0.215 e. The Bertz CT molecular complexity index is 967. The summed E-state index contributed by atoms with van der Waals surface area (Å²) in [5.74, 6) is 1.50. The molecule has 10 heteroatoms. The van der Waals surface area contributed by atoms with Gasteiger partial charge in [-0.3, -0.25) is 5.10 Å². The summed E-state index contributed by atoms with van der Waals surface area (Å²) in [5.41, 5.74) is 2.77. The molecular formula is C20H28N4O5S. The van der Waals surface area contributed by atoms with E-state index in [0.29, 0.717) is 45.1 Å². The summed E-state index contributed by atoms with van der Waals surface area (Å²) in [5, 5.41) is 10.4. The Kier molecular flexibility index (Phi) is 6.28. The first kappa shape index (κ1) is 21.1. The van der Waals surface area contributed by atoms with E-state index >= 15 is 0 Å². The molecular weight excluding hydrogens is 408 g/mol. The second kappa shape index (κ2) is 8.93. The van der Waals surface area contributed by atoms with Gasteiger partial charge in [0.2, 0.25) is 10.0 Å². The van der Waals surface area contributed by atoms with Crippen LogP contribution in [-0.4, -0.2) is 73.7 Å². The van der Waals surface area contributed by atoms with Gasteiger partial charge in [-0.05, 0) is 32.0 Å². The summed E-state index contributed by atoms with van der Waals surface area (Å²) < 4.78 is 43.7. The quantitative estimate of drug-likeness (QED) is 0.632. The average molecular weight is 437 g/mol. The Morgan fingerprint density at radius 1 is 1.17 bits per heavy atom. The van der Waals surface area contributed by atoms with Gasteiger partial charge in [0.25, 0.3) is 0 Å². The zero-order valence-corrected chi connectivity index (χ0v) is 18.1. The van der Waals surface area contributed by atoms with Crippen molar-refractivity contribution < 1.29 is 22.6 Å². The largest absolute Gasteiger partial charge is 0.486 e. The number of nitrogens with zero attached hydrogens (tertiary/aromatic N) is 2. The van der Waals surface area contributed by atoms with Crippen LogP contribution in [0.2, 0.25) is 0 Å². The van der Waals surface area contributed by atoms with Crippen molar-refractivity contribution in [3.63, 3.8) is 0 Å². The van der Waals surface area contributed by atoms with Crippen LogP contribution in [0, 0.1) is 0 Å². The van der Waals surface area contributed by atoms with Crippen LogP contribution in [0.5, 0.6) is 11.5 Å². The molecule has 1 aromatic heterocycles. The number of ether oxygens (including phenoxy) is 3. The molecule has 2 N–H and O–H groups in total. The number of aromatic amines is 1. The first-order valence-electron chi connectivity index (χ1n) is 10.2. The van der Waals surface area contributed by atoms with Crippen molar-refractivity contribution in [2.75, 3.05) is 38.6 Å². The topological polar surface area (TPSA) is 106 Å².